The lowest BCUT2D eigenvalue weighted by molar-refractivity contribution is -0.136. The van der Waals surface area contributed by atoms with Gasteiger partial charge in [0.1, 0.15) is 10.8 Å². The molecular weight excluding hydrogens is 303 g/mol. The van der Waals surface area contributed by atoms with E-state index in [2.05, 4.69) is 10.3 Å². The summed E-state index contributed by atoms with van der Waals surface area (Å²) in [6, 6.07) is 8.08. The number of nitrogens with one attached hydrogen (secondary N) is 2. The highest BCUT2D eigenvalue weighted by Crippen LogP contribution is 2.23. The molecule has 2 rings (SSSR count). The number of hydrogen-bond donors (Lipinski definition) is 3. The van der Waals surface area contributed by atoms with Crippen LogP contribution in [0.2, 0.25) is 10.2 Å². The van der Waals surface area contributed by atoms with Gasteiger partial charge in [-0.1, -0.05) is 41.4 Å². The first-order chi connectivity index (χ1) is 9.47. The number of aromatic amines is 1. The van der Waals surface area contributed by atoms with E-state index in [9.17, 15) is 9.59 Å². The monoisotopic (exact) mass is 312 g/mol. The van der Waals surface area contributed by atoms with E-state index in [1.54, 1.807) is 24.3 Å². The Labute approximate surface area is 124 Å². The van der Waals surface area contributed by atoms with E-state index >= 15 is 0 Å². The fourth-order valence-corrected chi connectivity index (χ4v) is 1.99. The standard InChI is InChI=1S/C13H10Cl2N2O3/c14-8-6-10(16-12(8)15)13(20)17-9-4-2-1-3-7(9)5-11(18)19/h1-4,6,16H,5H2,(H,17,20)(H,18,19). The van der Waals surface area contributed by atoms with Gasteiger partial charge in [0.25, 0.3) is 5.91 Å². The molecule has 0 aliphatic carbocycles. The quantitative estimate of drug-likeness (QED) is 0.810. The summed E-state index contributed by atoms with van der Waals surface area (Å²) in [4.78, 5) is 25.4. The molecule has 20 heavy (non-hydrogen) atoms. The minimum Gasteiger partial charge on any atom is -0.481 e. The molecule has 7 heteroatoms. The SMILES string of the molecule is O=C(O)Cc1ccccc1NC(=O)c1cc(Cl)c(Cl)[nH]1. The van der Waals surface area contributed by atoms with E-state index < -0.39 is 11.9 Å². The van der Waals surface area contributed by atoms with Gasteiger partial charge in [0, 0.05) is 5.69 Å². The van der Waals surface area contributed by atoms with Crippen molar-refractivity contribution in [3.05, 3.63) is 51.8 Å². The van der Waals surface area contributed by atoms with Crippen LogP contribution in [0.5, 0.6) is 0 Å². The van der Waals surface area contributed by atoms with E-state index in [1.165, 1.54) is 6.07 Å². The van der Waals surface area contributed by atoms with Gasteiger partial charge in [-0.25, -0.2) is 0 Å². The van der Waals surface area contributed by atoms with Crippen molar-refractivity contribution in [2.75, 3.05) is 5.32 Å². The van der Waals surface area contributed by atoms with Gasteiger partial charge in [-0.3, -0.25) is 9.59 Å². The van der Waals surface area contributed by atoms with Crippen molar-refractivity contribution in [1.29, 1.82) is 0 Å². The predicted molar refractivity (Wildman–Crippen MR) is 76.5 cm³/mol. The van der Waals surface area contributed by atoms with Crippen LogP contribution in [-0.4, -0.2) is 22.0 Å². The smallest absolute Gasteiger partial charge is 0.307 e. The molecule has 1 aromatic heterocycles. The maximum absolute atomic E-state index is 12.0. The fourth-order valence-electron chi connectivity index (χ4n) is 1.68. The van der Waals surface area contributed by atoms with Gasteiger partial charge in [-0.05, 0) is 17.7 Å². The van der Waals surface area contributed by atoms with E-state index in [-0.39, 0.29) is 22.3 Å². The summed E-state index contributed by atoms with van der Waals surface area (Å²) in [6.07, 6.45) is -0.178. The maximum Gasteiger partial charge on any atom is 0.307 e. The summed E-state index contributed by atoms with van der Waals surface area (Å²) >= 11 is 11.5. The number of aromatic nitrogens is 1. The molecule has 0 aliphatic rings. The molecule has 0 fully saturated rings. The third-order valence-corrected chi connectivity index (χ3v) is 3.27. The molecular formula is C13H10Cl2N2O3. The fraction of sp³-hybridized carbons (Fsp3) is 0.0769. The number of carbonyl (C=O) groups excluding carboxylic acids is 1. The number of amides is 1. The Morgan fingerprint density at radius 1 is 1.25 bits per heavy atom. The van der Waals surface area contributed by atoms with Crippen molar-refractivity contribution in [2.24, 2.45) is 0 Å². The Balaban J connectivity index is 2.21. The van der Waals surface area contributed by atoms with Crippen LogP contribution >= 0.6 is 23.2 Å². The summed E-state index contributed by atoms with van der Waals surface area (Å²) in [5.74, 6) is -1.42. The summed E-state index contributed by atoms with van der Waals surface area (Å²) in [5.41, 5.74) is 1.14. The molecule has 0 aliphatic heterocycles. The van der Waals surface area contributed by atoms with E-state index in [0.29, 0.717) is 11.3 Å². The number of benzene rings is 1. The second-order valence-corrected chi connectivity index (χ2v) is 4.81. The van der Waals surface area contributed by atoms with Gasteiger partial charge in [0.05, 0.1) is 11.4 Å². The molecule has 2 aromatic rings. The molecule has 1 aromatic carbocycles. The Morgan fingerprint density at radius 2 is 1.95 bits per heavy atom. The molecule has 0 spiro atoms. The normalized spacial score (nSPS) is 10.3. The van der Waals surface area contributed by atoms with Gasteiger partial charge in [-0.15, -0.1) is 0 Å². The third-order valence-electron chi connectivity index (χ3n) is 2.58. The molecule has 0 saturated heterocycles. The van der Waals surface area contributed by atoms with Crippen molar-refractivity contribution < 1.29 is 14.7 Å². The second kappa shape index (κ2) is 5.98. The van der Waals surface area contributed by atoms with Crippen molar-refractivity contribution in [2.45, 2.75) is 6.42 Å². The van der Waals surface area contributed by atoms with Crippen LogP contribution in [0, 0.1) is 0 Å². The lowest BCUT2D eigenvalue weighted by Crippen LogP contribution is -2.14. The van der Waals surface area contributed by atoms with Crippen LogP contribution < -0.4 is 5.32 Å². The largest absolute Gasteiger partial charge is 0.481 e. The summed E-state index contributed by atoms with van der Waals surface area (Å²) in [5, 5.41) is 11.9. The van der Waals surface area contributed by atoms with Gasteiger partial charge < -0.3 is 15.4 Å². The molecule has 0 bridgehead atoms. The zero-order chi connectivity index (χ0) is 14.7. The highest BCUT2D eigenvalue weighted by molar-refractivity contribution is 6.41. The lowest BCUT2D eigenvalue weighted by atomic mass is 10.1. The average Bonchev–Trinajstić information content (AvgIpc) is 2.71. The van der Waals surface area contributed by atoms with Crippen molar-refractivity contribution in [1.82, 2.24) is 4.98 Å². The number of H-pyrrole nitrogens is 1. The van der Waals surface area contributed by atoms with Gasteiger partial charge in [-0.2, -0.15) is 0 Å². The Hall–Kier alpha value is -1.98. The summed E-state index contributed by atoms with van der Waals surface area (Å²) in [6.45, 7) is 0. The second-order valence-electron chi connectivity index (χ2n) is 4.03. The number of anilines is 1. The van der Waals surface area contributed by atoms with Gasteiger partial charge >= 0.3 is 5.97 Å². The number of carboxylic acids is 1. The molecule has 104 valence electrons. The lowest BCUT2D eigenvalue weighted by Gasteiger charge is -2.08. The number of carbonyl (C=O) groups is 2. The number of aliphatic carboxylic acids is 1. The highest BCUT2D eigenvalue weighted by Gasteiger charge is 2.14. The Bertz CT molecular complexity index is 648. The maximum atomic E-state index is 12.0. The zero-order valence-electron chi connectivity index (χ0n) is 10.1. The van der Waals surface area contributed by atoms with Crippen LogP contribution in [0.4, 0.5) is 5.69 Å². The highest BCUT2D eigenvalue weighted by atomic mass is 35.5. The van der Waals surface area contributed by atoms with E-state index in [0.717, 1.165) is 0 Å². The Morgan fingerprint density at radius 3 is 2.55 bits per heavy atom. The molecule has 0 atom stereocenters. The molecule has 0 saturated carbocycles. The zero-order valence-corrected chi connectivity index (χ0v) is 11.6. The molecule has 1 heterocycles. The number of carboxylic acid groups (broad SMARTS) is 1. The molecule has 3 N–H and O–H groups in total. The van der Waals surface area contributed by atoms with E-state index in [1.807, 2.05) is 0 Å². The average molecular weight is 313 g/mol. The molecule has 5 nitrogen and oxygen atoms in total. The van der Waals surface area contributed by atoms with Crippen molar-refractivity contribution in [3.8, 4) is 0 Å². The number of rotatable bonds is 4. The van der Waals surface area contributed by atoms with Crippen molar-refractivity contribution >= 4 is 40.8 Å². The van der Waals surface area contributed by atoms with E-state index in [4.69, 9.17) is 28.3 Å². The van der Waals surface area contributed by atoms with Gasteiger partial charge in [0.15, 0.2) is 0 Å². The minimum atomic E-state index is -0.974. The van der Waals surface area contributed by atoms with Crippen LogP contribution in [0.1, 0.15) is 16.1 Å². The van der Waals surface area contributed by atoms with Crippen molar-refractivity contribution in [3.63, 3.8) is 0 Å². The predicted octanol–water partition coefficient (Wildman–Crippen LogP) is 3.20. The van der Waals surface area contributed by atoms with Crippen LogP contribution in [0.15, 0.2) is 30.3 Å². The number of para-hydroxylation sites is 1. The molecule has 0 radical (unpaired) electrons. The van der Waals surface area contributed by atoms with Crippen LogP contribution in [-0.2, 0) is 11.2 Å². The molecule has 0 unspecified atom stereocenters. The summed E-state index contributed by atoms with van der Waals surface area (Å²) < 4.78 is 0. The van der Waals surface area contributed by atoms with Crippen LogP contribution in [0.25, 0.3) is 0 Å². The van der Waals surface area contributed by atoms with Gasteiger partial charge in [0.2, 0.25) is 0 Å². The first-order valence-corrected chi connectivity index (χ1v) is 6.38. The summed E-state index contributed by atoms with van der Waals surface area (Å²) in [7, 11) is 0. The third kappa shape index (κ3) is 3.31. The number of hydrogen-bond acceptors (Lipinski definition) is 2. The van der Waals surface area contributed by atoms with Crippen LogP contribution in [0.3, 0.4) is 0 Å². The first kappa shape index (κ1) is 14.4. The number of halogens is 2. The minimum absolute atomic E-state index is 0.177. The Kier molecular flexibility index (Phi) is 4.32. The molecule has 1 amide bonds. The topological polar surface area (TPSA) is 82.2 Å². The first-order valence-electron chi connectivity index (χ1n) is 5.62.